The van der Waals surface area contributed by atoms with E-state index in [-0.39, 0.29) is 11.6 Å². The summed E-state index contributed by atoms with van der Waals surface area (Å²) >= 11 is 0. The molecule has 4 rings (SSSR count). The number of hydrogen-bond donors (Lipinski definition) is 1. The van der Waals surface area contributed by atoms with E-state index in [1.54, 1.807) is 42.6 Å². The molecule has 0 bridgehead atoms. The van der Waals surface area contributed by atoms with Gasteiger partial charge in [-0.05, 0) is 12.1 Å². The molecule has 0 spiro atoms. The highest BCUT2D eigenvalue weighted by molar-refractivity contribution is 6.03. The number of ether oxygens (including phenoxy) is 1. The molecule has 3 aromatic rings. The van der Waals surface area contributed by atoms with Gasteiger partial charge in [0.05, 0.1) is 0 Å². The van der Waals surface area contributed by atoms with Crippen molar-refractivity contribution in [3.05, 3.63) is 90.1 Å². The normalized spacial score (nSPS) is 15.5. The Balaban J connectivity index is 2.00. The maximum atomic E-state index is 13.1. The monoisotopic (exact) mass is 318 g/mol. The zero-order valence-electron chi connectivity index (χ0n) is 12.7. The van der Waals surface area contributed by atoms with Gasteiger partial charge in [0.1, 0.15) is 5.69 Å². The molecule has 0 aliphatic carbocycles. The fourth-order valence-electron chi connectivity index (χ4n) is 2.95. The molecule has 0 fully saturated rings. The SMILES string of the molecule is O=C1N(O)c2cccnc2OC1(c1ccccc1)c1ccccc1. The predicted octanol–water partition coefficient (Wildman–Crippen LogP) is 3.14. The van der Waals surface area contributed by atoms with Gasteiger partial charge in [-0.15, -0.1) is 0 Å². The number of hydrogen-bond acceptors (Lipinski definition) is 4. The fraction of sp³-hybridized carbons (Fsp3) is 0.0526. The molecule has 0 atom stereocenters. The van der Waals surface area contributed by atoms with Crippen molar-refractivity contribution in [3.63, 3.8) is 0 Å². The molecule has 1 aliphatic rings. The highest BCUT2D eigenvalue weighted by Crippen LogP contribution is 2.43. The lowest BCUT2D eigenvalue weighted by Crippen LogP contribution is -2.53. The first-order chi connectivity index (χ1) is 11.7. The van der Waals surface area contributed by atoms with Gasteiger partial charge in [-0.1, -0.05) is 60.7 Å². The minimum absolute atomic E-state index is 0.201. The van der Waals surface area contributed by atoms with Crippen molar-refractivity contribution >= 4 is 11.6 Å². The zero-order valence-corrected chi connectivity index (χ0v) is 12.7. The van der Waals surface area contributed by atoms with E-state index in [0.29, 0.717) is 16.2 Å². The number of carbonyl (C=O) groups excluding carboxylic acids is 1. The van der Waals surface area contributed by atoms with Gasteiger partial charge >= 0.3 is 5.91 Å². The number of anilines is 1. The van der Waals surface area contributed by atoms with Crippen LogP contribution < -0.4 is 9.80 Å². The number of benzene rings is 2. The minimum Gasteiger partial charge on any atom is -0.449 e. The summed E-state index contributed by atoms with van der Waals surface area (Å²) in [6.45, 7) is 0. The lowest BCUT2D eigenvalue weighted by molar-refractivity contribution is -0.139. The standard InChI is InChI=1S/C19H14N2O3/c22-18-19(14-8-3-1-4-9-14,15-10-5-2-6-11-15)24-17-16(21(18)23)12-7-13-20-17/h1-13,23H. The van der Waals surface area contributed by atoms with Crippen LogP contribution in [0.25, 0.3) is 0 Å². The maximum absolute atomic E-state index is 13.1. The van der Waals surface area contributed by atoms with Crippen LogP contribution in [-0.2, 0) is 10.4 Å². The van der Waals surface area contributed by atoms with Gasteiger partial charge in [-0.3, -0.25) is 10.0 Å². The Labute approximate surface area is 138 Å². The molecular formula is C19H14N2O3. The number of pyridine rings is 1. The topological polar surface area (TPSA) is 62.7 Å². The van der Waals surface area contributed by atoms with E-state index in [9.17, 15) is 10.0 Å². The first-order valence-electron chi connectivity index (χ1n) is 7.52. The summed E-state index contributed by atoms with van der Waals surface area (Å²) in [7, 11) is 0. The number of amides is 1. The molecule has 1 N–H and O–H groups in total. The predicted molar refractivity (Wildman–Crippen MR) is 87.8 cm³/mol. The summed E-state index contributed by atoms with van der Waals surface area (Å²) in [4.78, 5) is 17.3. The van der Waals surface area contributed by atoms with Crippen molar-refractivity contribution in [1.29, 1.82) is 0 Å². The van der Waals surface area contributed by atoms with Crippen LogP contribution in [0, 0.1) is 0 Å². The van der Waals surface area contributed by atoms with Crippen LogP contribution in [0.5, 0.6) is 5.88 Å². The number of carbonyl (C=O) groups is 1. The van der Waals surface area contributed by atoms with Crippen LogP contribution in [0.1, 0.15) is 11.1 Å². The number of aromatic nitrogens is 1. The first-order valence-corrected chi connectivity index (χ1v) is 7.52. The van der Waals surface area contributed by atoms with Gasteiger partial charge in [0, 0.05) is 17.3 Å². The molecule has 24 heavy (non-hydrogen) atoms. The Hall–Kier alpha value is -3.18. The average Bonchev–Trinajstić information content (AvgIpc) is 2.66. The molecule has 118 valence electrons. The second kappa shape index (κ2) is 5.47. The van der Waals surface area contributed by atoms with E-state index in [0.717, 1.165) is 0 Å². The van der Waals surface area contributed by atoms with Crippen LogP contribution in [0.15, 0.2) is 79.0 Å². The van der Waals surface area contributed by atoms with E-state index < -0.39 is 11.5 Å². The van der Waals surface area contributed by atoms with Crippen LogP contribution in [0.2, 0.25) is 0 Å². The quantitative estimate of drug-likeness (QED) is 0.737. The number of rotatable bonds is 2. The van der Waals surface area contributed by atoms with Crippen molar-refractivity contribution < 1.29 is 14.7 Å². The summed E-state index contributed by atoms with van der Waals surface area (Å²) in [6, 6.07) is 21.4. The Morgan fingerprint density at radius 1 is 0.875 bits per heavy atom. The lowest BCUT2D eigenvalue weighted by atomic mass is 9.84. The fourth-order valence-corrected chi connectivity index (χ4v) is 2.95. The van der Waals surface area contributed by atoms with Crippen LogP contribution in [-0.4, -0.2) is 16.1 Å². The van der Waals surface area contributed by atoms with Gasteiger partial charge in [-0.25, -0.2) is 4.98 Å². The maximum Gasteiger partial charge on any atom is 0.304 e. The lowest BCUT2D eigenvalue weighted by Gasteiger charge is -2.39. The summed E-state index contributed by atoms with van der Waals surface area (Å²) in [5, 5.41) is 11.1. The molecule has 5 nitrogen and oxygen atoms in total. The Bertz CT molecular complexity index is 842. The minimum atomic E-state index is -1.49. The molecule has 0 saturated heterocycles. The second-order valence-corrected chi connectivity index (χ2v) is 5.46. The van der Waals surface area contributed by atoms with E-state index in [1.807, 2.05) is 36.4 Å². The van der Waals surface area contributed by atoms with Crippen molar-refractivity contribution in [2.45, 2.75) is 5.60 Å². The highest BCUT2D eigenvalue weighted by atomic mass is 16.6. The third kappa shape index (κ3) is 1.99. The molecule has 0 radical (unpaired) electrons. The largest absolute Gasteiger partial charge is 0.449 e. The summed E-state index contributed by atoms with van der Waals surface area (Å²) in [5.74, 6) is -0.382. The van der Waals surface area contributed by atoms with Gasteiger partial charge in [0.15, 0.2) is 0 Å². The van der Waals surface area contributed by atoms with E-state index >= 15 is 0 Å². The van der Waals surface area contributed by atoms with Gasteiger partial charge < -0.3 is 4.74 Å². The highest BCUT2D eigenvalue weighted by Gasteiger charge is 2.52. The van der Waals surface area contributed by atoms with Crippen molar-refractivity contribution in [1.82, 2.24) is 4.98 Å². The van der Waals surface area contributed by atoms with Crippen LogP contribution in [0.3, 0.4) is 0 Å². The van der Waals surface area contributed by atoms with Gasteiger partial charge in [-0.2, -0.15) is 5.06 Å². The molecular weight excluding hydrogens is 304 g/mol. The third-order valence-electron chi connectivity index (χ3n) is 4.08. The second-order valence-electron chi connectivity index (χ2n) is 5.46. The molecule has 5 heteroatoms. The van der Waals surface area contributed by atoms with Crippen LogP contribution >= 0.6 is 0 Å². The van der Waals surface area contributed by atoms with E-state index in [2.05, 4.69) is 4.98 Å². The third-order valence-corrected chi connectivity index (χ3v) is 4.08. The Morgan fingerprint density at radius 3 is 2.04 bits per heavy atom. The number of nitrogens with zero attached hydrogens (tertiary/aromatic N) is 2. The zero-order chi connectivity index (χ0) is 16.6. The molecule has 2 aromatic carbocycles. The summed E-state index contributed by atoms with van der Waals surface area (Å²) < 4.78 is 6.11. The van der Waals surface area contributed by atoms with E-state index in [1.165, 1.54) is 0 Å². The number of hydroxylamine groups is 1. The van der Waals surface area contributed by atoms with E-state index in [4.69, 9.17) is 4.74 Å². The summed E-state index contributed by atoms with van der Waals surface area (Å²) in [5.41, 5.74) is -0.0170. The molecule has 1 amide bonds. The smallest absolute Gasteiger partial charge is 0.304 e. The van der Waals surface area contributed by atoms with Crippen molar-refractivity contribution in [2.24, 2.45) is 0 Å². The van der Waals surface area contributed by atoms with Crippen LogP contribution in [0.4, 0.5) is 5.69 Å². The molecule has 0 unspecified atom stereocenters. The average molecular weight is 318 g/mol. The van der Waals surface area contributed by atoms with Crippen molar-refractivity contribution in [2.75, 3.05) is 5.06 Å². The number of fused-ring (bicyclic) bond motifs is 1. The van der Waals surface area contributed by atoms with Gasteiger partial charge in [0.25, 0.3) is 0 Å². The molecule has 0 saturated carbocycles. The summed E-state index contributed by atoms with van der Waals surface area (Å²) in [6.07, 6.45) is 1.56. The molecule has 2 heterocycles. The van der Waals surface area contributed by atoms with Gasteiger partial charge in [0.2, 0.25) is 11.5 Å². The molecule has 1 aromatic heterocycles. The molecule has 1 aliphatic heterocycles. The Kier molecular flexibility index (Phi) is 3.29. The Morgan fingerprint density at radius 2 is 1.46 bits per heavy atom. The van der Waals surface area contributed by atoms with Crippen molar-refractivity contribution in [3.8, 4) is 5.88 Å². The first kappa shape index (κ1) is 14.4.